The molecular formula is C8H16N2O. The molecule has 3 N–H and O–H groups in total. The smallest absolute Gasteiger partial charge is 0.220 e. The summed E-state index contributed by atoms with van der Waals surface area (Å²) >= 11 is 0. The van der Waals surface area contributed by atoms with E-state index in [0.29, 0.717) is 6.04 Å². The maximum atomic E-state index is 10.8. The topological polar surface area (TPSA) is 55.1 Å². The van der Waals surface area contributed by atoms with Gasteiger partial charge in [0.2, 0.25) is 5.91 Å². The molecule has 0 unspecified atom stereocenters. The van der Waals surface area contributed by atoms with E-state index in [9.17, 15) is 4.79 Å². The molecule has 1 amide bonds. The Labute approximate surface area is 67.3 Å². The maximum absolute atomic E-state index is 10.8. The summed E-state index contributed by atoms with van der Waals surface area (Å²) in [4.78, 5) is 10.8. The van der Waals surface area contributed by atoms with Gasteiger partial charge in [0.15, 0.2) is 0 Å². The van der Waals surface area contributed by atoms with Crippen LogP contribution in [0.1, 0.15) is 25.7 Å². The predicted molar refractivity (Wildman–Crippen MR) is 44.0 cm³/mol. The van der Waals surface area contributed by atoms with Gasteiger partial charge in [-0.2, -0.15) is 0 Å². The van der Waals surface area contributed by atoms with E-state index >= 15 is 0 Å². The summed E-state index contributed by atoms with van der Waals surface area (Å²) < 4.78 is 0. The summed E-state index contributed by atoms with van der Waals surface area (Å²) in [5.74, 6) is 0.0131. The van der Waals surface area contributed by atoms with Gasteiger partial charge in [0.05, 0.1) is 0 Å². The molecule has 0 bridgehead atoms. The van der Waals surface area contributed by atoms with Crippen LogP contribution in [0.15, 0.2) is 0 Å². The maximum Gasteiger partial charge on any atom is 0.220 e. The normalized spacial score (nSPS) is 31.7. The molecule has 0 aliphatic heterocycles. The van der Waals surface area contributed by atoms with Crippen LogP contribution in [0.25, 0.3) is 0 Å². The number of hydrogen-bond donors (Lipinski definition) is 2. The Morgan fingerprint density at radius 2 is 1.91 bits per heavy atom. The number of nitrogens with two attached hydrogens (primary N) is 1. The molecule has 0 aromatic heterocycles. The Morgan fingerprint density at radius 3 is 2.27 bits per heavy atom. The van der Waals surface area contributed by atoms with Crippen molar-refractivity contribution in [1.82, 2.24) is 5.32 Å². The molecule has 0 radical (unpaired) electrons. The van der Waals surface area contributed by atoms with E-state index in [2.05, 4.69) is 5.32 Å². The van der Waals surface area contributed by atoms with E-state index in [4.69, 9.17) is 5.73 Å². The van der Waals surface area contributed by atoms with Crippen molar-refractivity contribution in [2.75, 3.05) is 7.05 Å². The first-order valence-corrected chi connectivity index (χ1v) is 4.20. The second kappa shape index (κ2) is 3.72. The predicted octanol–water partition coefficient (Wildman–Crippen LogP) is 0.250. The van der Waals surface area contributed by atoms with Gasteiger partial charge in [-0.05, 0) is 32.7 Å². The lowest BCUT2D eigenvalue weighted by molar-refractivity contribution is -0.122. The van der Waals surface area contributed by atoms with Crippen LogP contribution >= 0.6 is 0 Å². The quantitative estimate of drug-likeness (QED) is 0.602. The van der Waals surface area contributed by atoms with Crippen LogP contribution in [0.4, 0.5) is 0 Å². The molecule has 64 valence electrons. The second-order valence-corrected chi connectivity index (χ2v) is 3.24. The molecule has 11 heavy (non-hydrogen) atoms. The van der Waals surface area contributed by atoms with Crippen molar-refractivity contribution in [1.29, 1.82) is 0 Å². The number of primary amides is 1. The fraction of sp³-hybridized carbons (Fsp3) is 0.875. The van der Waals surface area contributed by atoms with Gasteiger partial charge in [0, 0.05) is 12.0 Å². The highest BCUT2D eigenvalue weighted by Crippen LogP contribution is 2.23. The van der Waals surface area contributed by atoms with Crippen molar-refractivity contribution in [3.63, 3.8) is 0 Å². The van der Waals surface area contributed by atoms with Gasteiger partial charge >= 0.3 is 0 Å². The molecule has 1 aliphatic carbocycles. The van der Waals surface area contributed by atoms with E-state index in [1.165, 1.54) is 0 Å². The number of carbonyl (C=O) groups excluding carboxylic acids is 1. The average molecular weight is 156 g/mol. The number of hydrogen-bond acceptors (Lipinski definition) is 2. The van der Waals surface area contributed by atoms with Gasteiger partial charge in [-0.1, -0.05) is 0 Å². The van der Waals surface area contributed by atoms with E-state index < -0.39 is 0 Å². The second-order valence-electron chi connectivity index (χ2n) is 3.24. The lowest BCUT2D eigenvalue weighted by Gasteiger charge is -2.25. The van der Waals surface area contributed by atoms with Crippen LogP contribution in [0.5, 0.6) is 0 Å². The van der Waals surface area contributed by atoms with Crippen molar-refractivity contribution in [2.24, 2.45) is 11.7 Å². The summed E-state index contributed by atoms with van der Waals surface area (Å²) in [6.07, 6.45) is 4.09. The molecule has 0 heterocycles. The highest BCUT2D eigenvalue weighted by atomic mass is 16.1. The summed E-state index contributed by atoms with van der Waals surface area (Å²) in [6, 6.07) is 0.602. The number of nitrogens with one attached hydrogen (secondary N) is 1. The molecule has 1 fully saturated rings. The zero-order chi connectivity index (χ0) is 8.27. The van der Waals surface area contributed by atoms with Gasteiger partial charge in [0.25, 0.3) is 0 Å². The number of carbonyl (C=O) groups is 1. The first-order valence-electron chi connectivity index (χ1n) is 4.20. The lowest BCUT2D eigenvalue weighted by atomic mass is 9.86. The fourth-order valence-corrected chi connectivity index (χ4v) is 1.67. The molecule has 1 aliphatic rings. The summed E-state index contributed by atoms with van der Waals surface area (Å²) in [6.45, 7) is 0. The Balaban J connectivity index is 2.30. The van der Waals surface area contributed by atoms with E-state index in [1.807, 2.05) is 7.05 Å². The van der Waals surface area contributed by atoms with Crippen LogP contribution in [-0.4, -0.2) is 19.0 Å². The van der Waals surface area contributed by atoms with Gasteiger partial charge < -0.3 is 11.1 Å². The highest BCUT2D eigenvalue weighted by molar-refractivity contribution is 5.76. The third-order valence-electron chi connectivity index (χ3n) is 2.54. The average Bonchev–Trinajstić information content (AvgIpc) is 2.05. The van der Waals surface area contributed by atoms with E-state index in [1.54, 1.807) is 0 Å². The van der Waals surface area contributed by atoms with Gasteiger partial charge in [-0.3, -0.25) is 4.79 Å². The van der Waals surface area contributed by atoms with Crippen molar-refractivity contribution in [3.8, 4) is 0 Å². The number of amides is 1. The molecule has 1 saturated carbocycles. The van der Waals surface area contributed by atoms with Gasteiger partial charge in [0.1, 0.15) is 0 Å². The third-order valence-corrected chi connectivity index (χ3v) is 2.54. The van der Waals surface area contributed by atoms with Crippen molar-refractivity contribution in [2.45, 2.75) is 31.7 Å². The minimum absolute atomic E-state index is 0.125. The minimum Gasteiger partial charge on any atom is -0.369 e. The fourth-order valence-electron chi connectivity index (χ4n) is 1.67. The molecule has 0 saturated heterocycles. The third kappa shape index (κ3) is 2.19. The summed E-state index contributed by atoms with van der Waals surface area (Å²) in [7, 11) is 1.97. The molecule has 3 heteroatoms. The van der Waals surface area contributed by atoms with Crippen LogP contribution in [0.2, 0.25) is 0 Å². The molecular weight excluding hydrogens is 140 g/mol. The monoisotopic (exact) mass is 156 g/mol. The Morgan fingerprint density at radius 1 is 1.36 bits per heavy atom. The molecule has 1 rings (SSSR count). The van der Waals surface area contributed by atoms with Crippen molar-refractivity contribution < 1.29 is 4.79 Å². The molecule has 3 nitrogen and oxygen atoms in total. The van der Waals surface area contributed by atoms with Crippen molar-refractivity contribution >= 4 is 5.91 Å². The largest absolute Gasteiger partial charge is 0.369 e. The number of rotatable bonds is 2. The van der Waals surface area contributed by atoms with Crippen LogP contribution in [0, 0.1) is 5.92 Å². The zero-order valence-electron chi connectivity index (χ0n) is 6.97. The van der Waals surface area contributed by atoms with Crippen LogP contribution in [-0.2, 0) is 4.79 Å². The standard InChI is InChI=1S/C8H16N2O/c1-10-7-4-2-6(3-5-7)8(9)11/h6-7,10H,2-5H2,1H3,(H2,9,11)/t6-,7+. The van der Waals surface area contributed by atoms with Gasteiger partial charge in [-0.25, -0.2) is 0 Å². The first kappa shape index (κ1) is 8.53. The highest BCUT2D eigenvalue weighted by Gasteiger charge is 2.23. The van der Waals surface area contributed by atoms with E-state index in [0.717, 1.165) is 25.7 Å². The first-order chi connectivity index (χ1) is 5.24. The molecule has 0 aromatic carbocycles. The minimum atomic E-state index is -0.125. The summed E-state index contributed by atoms with van der Waals surface area (Å²) in [5, 5.41) is 3.21. The van der Waals surface area contributed by atoms with Crippen LogP contribution < -0.4 is 11.1 Å². The Kier molecular flexibility index (Phi) is 2.88. The SMILES string of the molecule is CN[C@H]1CC[C@@H](C(N)=O)CC1. The summed E-state index contributed by atoms with van der Waals surface area (Å²) in [5.41, 5.74) is 5.19. The molecule has 0 spiro atoms. The van der Waals surface area contributed by atoms with E-state index in [-0.39, 0.29) is 11.8 Å². The van der Waals surface area contributed by atoms with Crippen molar-refractivity contribution in [3.05, 3.63) is 0 Å². The van der Waals surface area contributed by atoms with Gasteiger partial charge in [-0.15, -0.1) is 0 Å². The zero-order valence-corrected chi connectivity index (χ0v) is 6.97. The Bertz CT molecular complexity index is 139. The lowest BCUT2D eigenvalue weighted by Crippen LogP contribution is -2.34. The Hall–Kier alpha value is -0.570. The molecule has 0 atom stereocenters. The van der Waals surface area contributed by atoms with Crippen LogP contribution in [0.3, 0.4) is 0 Å². The molecule has 0 aromatic rings.